The molecule has 22 heavy (non-hydrogen) atoms. The van der Waals surface area contributed by atoms with E-state index in [4.69, 9.17) is 4.74 Å². The van der Waals surface area contributed by atoms with Crippen LogP contribution in [0.1, 0.15) is 12.8 Å². The number of nitrogens with zero attached hydrogens (tertiary/aromatic N) is 2. The average Bonchev–Trinajstić information content (AvgIpc) is 3.09. The van der Waals surface area contributed by atoms with Crippen molar-refractivity contribution >= 4 is 34.6 Å². The Bertz CT molecular complexity index is 602. The lowest BCUT2D eigenvalue weighted by Gasteiger charge is -2.16. The molecule has 2 saturated heterocycles. The smallest absolute Gasteiger partial charge is 0.331 e. The Morgan fingerprint density at radius 2 is 1.95 bits per heavy atom. The van der Waals surface area contributed by atoms with Crippen LogP contribution >= 0.6 is 11.8 Å². The zero-order valence-electron chi connectivity index (χ0n) is 12.0. The van der Waals surface area contributed by atoms with Gasteiger partial charge >= 0.3 is 5.97 Å². The van der Waals surface area contributed by atoms with Gasteiger partial charge in [0.05, 0.1) is 0 Å². The largest absolute Gasteiger partial charge is 0.425 e. The van der Waals surface area contributed by atoms with Gasteiger partial charge in [-0.05, 0) is 30.7 Å². The zero-order valence-corrected chi connectivity index (χ0v) is 12.8. The molecule has 0 saturated carbocycles. The normalized spacial score (nSPS) is 18.2. The predicted octanol–water partition coefficient (Wildman–Crippen LogP) is 1.89. The first-order chi connectivity index (χ1) is 10.6. The molecule has 3 rings (SSSR count). The maximum absolute atomic E-state index is 11.8. The fraction of sp³-hybridized carbons (Fsp3) is 0.400. The molecule has 6 nitrogen and oxygen atoms in total. The molecule has 1 aromatic carbocycles. The molecule has 2 amide bonds. The van der Waals surface area contributed by atoms with Gasteiger partial charge < -0.3 is 14.5 Å². The number of ether oxygens (including phenoxy) is 1. The summed E-state index contributed by atoms with van der Waals surface area (Å²) in [5, 5.41) is -0.0835. The molecule has 0 unspecified atom stereocenters. The van der Waals surface area contributed by atoms with Gasteiger partial charge in [0, 0.05) is 31.0 Å². The third kappa shape index (κ3) is 3.24. The molecule has 7 heteroatoms. The Kier molecular flexibility index (Phi) is 4.33. The third-order valence-electron chi connectivity index (χ3n) is 3.62. The summed E-state index contributed by atoms with van der Waals surface area (Å²) in [6.45, 7) is 1.28. The van der Waals surface area contributed by atoms with Crippen LogP contribution < -0.4 is 9.64 Å². The lowest BCUT2D eigenvalue weighted by atomic mass is 10.3. The van der Waals surface area contributed by atoms with E-state index in [0.717, 1.165) is 18.7 Å². The van der Waals surface area contributed by atoms with E-state index in [1.165, 1.54) is 16.7 Å². The highest BCUT2D eigenvalue weighted by Gasteiger charge is 2.24. The van der Waals surface area contributed by atoms with Gasteiger partial charge in [-0.3, -0.25) is 9.59 Å². The molecular formula is C15H16N2O4S. The lowest BCUT2D eigenvalue weighted by Crippen LogP contribution is -2.32. The minimum atomic E-state index is -0.458. The molecule has 1 aromatic rings. The Balaban J connectivity index is 1.57. The topological polar surface area (TPSA) is 66.9 Å². The van der Waals surface area contributed by atoms with Crippen molar-refractivity contribution in [3.05, 3.63) is 24.3 Å². The van der Waals surface area contributed by atoms with Gasteiger partial charge in [0.2, 0.25) is 5.91 Å². The van der Waals surface area contributed by atoms with Crippen molar-refractivity contribution in [3.8, 4) is 5.75 Å². The van der Waals surface area contributed by atoms with Crippen LogP contribution in [0.3, 0.4) is 0 Å². The summed E-state index contributed by atoms with van der Waals surface area (Å²) in [7, 11) is 0. The molecular weight excluding hydrogens is 304 g/mol. The van der Waals surface area contributed by atoms with E-state index < -0.39 is 5.97 Å². The molecule has 2 fully saturated rings. The third-order valence-corrected chi connectivity index (χ3v) is 4.51. The van der Waals surface area contributed by atoms with E-state index in [1.54, 1.807) is 29.2 Å². The molecule has 0 atom stereocenters. The van der Waals surface area contributed by atoms with Crippen molar-refractivity contribution in [1.29, 1.82) is 0 Å². The standard InChI is InChI=1S/C15H16N2O4S/c18-13-2-1-7-17(13)11-3-5-12(6-4-11)21-14(19)10-16-8-9-22-15(16)20/h3-6H,1-2,7-10H2. The van der Waals surface area contributed by atoms with Crippen LogP contribution in [0.5, 0.6) is 5.75 Å². The maximum Gasteiger partial charge on any atom is 0.331 e. The van der Waals surface area contributed by atoms with Gasteiger partial charge in [-0.15, -0.1) is 0 Å². The fourth-order valence-corrected chi connectivity index (χ4v) is 3.33. The van der Waals surface area contributed by atoms with Gasteiger partial charge in [-0.2, -0.15) is 0 Å². The summed E-state index contributed by atoms with van der Waals surface area (Å²) < 4.78 is 5.22. The van der Waals surface area contributed by atoms with Crippen molar-refractivity contribution in [1.82, 2.24) is 4.90 Å². The number of thioether (sulfide) groups is 1. The molecule has 0 aromatic heterocycles. The lowest BCUT2D eigenvalue weighted by molar-refractivity contribution is -0.134. The first-order valence-electron chi connectivity index (χ1n) is 7.16. The SMILES string of the molecule is O=C(CN1CCSC1=O)Oc1ccc(N2CCCC2=O)cc1. The summed E-state index contributed by atoms with van der Waals surface area (Å²) in [5.74, 6) is 0.792. The van der Waals surface area contributed by atoms with E-state index in [2.05, 4.69) is 0 Å². The number of carbonyl (C=O) groups excluding carboxylic acids is 3. The maximum atomic E-state index is 11.8. The quantitative estimate of drug-likeness (QED) is 0.626. The highest BCUT2D eigenvalue weighted by atomic mass is 32.2. The van der Waals surface area contributed by atoms with Gasteiger partial charge in [-0.25, -0.2) is 4.79 Å². The molecule has 2 aliphatic rings. The number of esters is 1. The van der Waals surface area contributed by atoms with Crippen LogP contribution in [0.15, 0.2) is 24.3 Å². The zero-order chi connectivity index (χ0) is 15.5. The Morgan fingerprint density at radius 1 is 1.18 bits per heavy atom. The van der Waals surface area contributed by atoms with E-state index in [9.17, 15) is 14.4 Å². The molecule has 0 spiro atoms. The summed E-state index contributed by atoms with van der Waals surface area (Å²) >= 11 is 1.21. The van der Waals surface area contributed by atoms with E-state index in [-0.39, 0.29) is 17.7 Å². The van der Waals surface area contributed by atoms with Gasteiger partial charge in [-0.1, -0.05) is 11.8 Å². The number of hydrogen-bond acceptors (Lipinski definition) is 5. The molecule has 116 valence electrons. The molecule has 0 aliphatic carbocycles. The van der Waals surface area contributed by atoms with Crippen molar-refractivity contribution in [3.63, 3.8) is 0 Å². The summed E-state index contributed by atoms with van der Waals surface area (Å²) in [6.07, 6.45) is 1.45. The number of benzene rings is 1. The Hall–Kier alpha value is -2.02. The van der Waals surface area contributed by atoms with Gasteiger partial charge in [0.1, 0.15) is 12.3 Å². The highest BCUT2D eigenvalue weighted by Crippen LogP contribution is 2.24. The second-order valence-electron chi connectivity index (χ2n) is 5.15. The second kappa shape index (κ2) is 6.39. The second-order valence-corrected chi connectivity index (χ2v) is 6.20. The van der Waals surface area contributed by atoms with Crippen LogP contribution in [0, 0.1) is 0 Å². The first kappa shape index (κ1) is 14.9. The van der Waals surface area contributed by atoms with E-state index >= 15 is 0 Å². The van der Waals surface area contributed by atoms with Crippen LogP contribution in [0.2, 0.25) is 0 Å². The summed E-state index contributed by atoms with van der Waals surface area (Å²) in [4.78, 5) is 38.1. The Morgan fingerprint density at radius 3 is 2.55 bits per heavy atom. The number of carbonyl (C=O) groups is 3. The summed E-state index contributed by atoms with van der Waals surface area (Å²) in [6, 6.07) is 6.87. The molecule has 0 N–H and O–H groups in total. The first-order valence-corrected chi connectivity index (χ1v) is 8.15. The highest BCUT2D eigenvalue weighted by molar-refractivity contribution is 8.13. The monoisotopic (exact) mass is 320 g/mol. The van der Waals surface area contributed by atoms with E-state index in [1.807, 2.05) is 0 Å². The van der Waals surface area contributed by atoms with Crippen LogP contribution in [-0.2, 0) is 9.59 Å². The minimum Gasteiger partial charge on any atom is -0.425 e. The van der Waals surface area contributed by atoms with Crippen molar-refractivity contribution in [2.45, 2.75) is 12.8 Å². The number of anilines is 1. The van der Waals surface area contributed by atoms with E-state index in [0.29, 0.717) is 24.5 Å². The predicted molar refractivity (Wildman–Crippen MR) is 83.1 cm³/mol. The molecule has 2 aliphatic heterocycles. The fourth-order valence-electron chi connectivity index (χ4n) is 2.50. The number of hydrogen-bond donors (Lipinski definition) is 0. The average molecular weight is 320 g/mol. The molecule has 0 bridgehead atoms. The molecule has 2 heterocycles. The van der Waals surface area contributed by atoms with Crippen molar-refractivity contribution in [2.75, 3.05) is 30.3 Å². The minimum absolute atomic E-state index is 0.0296. The molecule has 0 radical (unpaired) electrons. The van der Waals surface area contributed by atoms with Gasteiger partial charge in [0.15, 0.2) is 0 Å². The van der Waals surface area contributed by atoms with Crippen molar-refractivity contribution < 1.29 is 19.1 Å². The van der Waals surface area contributed by atoms with Gasteiger partial charge in [0.25, 0.3) is 5.24 Å². The summed E-state index contributed by atoms with van der Waals surface area (Å²) in [5.41, 5.74) is 0.813. The number of rotatable bonds is 4. The Labute approximate surface area is 132 Å². The number of amides is 2. The van der Waals surface area contributed by atoms with Crippen LogP contribution in [0.25, 0.3) is 0 Å². The van der Waals surface area contributed by atoms with Crippen molar-refractivity contribution in [2.24, 2.45) is 0 Å². The van der Waals surface area contributed by atoms with Crippen LogP contribution in [0.4, 0.5) is 10.5 Å². The van der Waals surface area contributed by atoms with Crippen LogP contribution in [-0.4, -0.2) is 47.4 Å².